The molecule has 0 saturated heterocycles. The van der Waals surface area contributed by atoms with Gasteiger partial charge in [-0.1, -0.05) is 24.3 Å². The van der Waals surface area contributed by atoms with E-state index in [-0.39, 0.29) is 5.75 Å². The van der Waals surface area contributed by atoms with E-state index in [2.05, 4.69) is 6.58 Å². The monoisotopic (exact) mass is 184 g/mol. The van der Waals surface area contributed by atoms with Crippen LogP contribution in [0.1, 0.15) is 0 Å². The van der Waals surface area contributed by atoms with Crippen LogP contribution in [0, 0.1) is 0 Å². The number of phenols is 1. The molecule has 0 fully saturated rings. The molecule has 12 heavy (non-hydrogen) atoms. The molecule has 0 aliphatic heterocycles. The van der Waals surface area contributed by atoms with Crippen molar-refractivity contribution < 1.29 is 9.84 Å². The van der Waals surface area contributed by atoms with Crippen LogP contribution in [0.3, 0.4) is 0 Å². The van der Waals surface area contributed by atoms with Crippen LogP contribution in [-0.4, -0.2) is 11.7 Å². The molecule has 0 atom stereocenters. The van der Waals surface area contributed by atoms with Gasteiger partial charge in [0.2, 0.25) is 0 Å². The predicted octanol–water partition coefficient (Wildman–Crippen LogP) is 2.61. The Hall–Kier alpha value is -1.15. The van der Waals surface area contributed by atoms with Crippen LogP contribution in [0.2, 0.25) is 5.02 Å². The van der Waals surface area contributed by atoms with Crippen LogP contribution in [0.4, 0.5) is 0 Å². The summed E-state index contributed by atoms with van der Waals surface area (Å²) >= 11 is 5.62. The van der Waals surface area contributed by atoms with Gasteiger partial charge in [-0.3, -0.25) is 0 Å². The van der Waals surface area contributed by atoms with Gasteiger partial charge in [0, 0.05) is 11.1 Å². The Labute approximate surface area is 76.0 Å². The number of benzene rings is 1. The van der Waals surface area contributed by atoms with Gasteiger partial charge in [-0.25, -0.2) is 0 Å². The lowest BCUT2D eigenvalue weighted by Crippen LogP contribution is -1.92. The van der Waals surface area contributed by atoms with E-state index >= 15 is 0 Å². The maximum atomic E-state index is 9.27. The lowest BCUT2D eigenvalue weighted by Gasteiger charge is -2.04. The average Bonchev–Trinajstić information content (AvgIpc) is 2.03. The normalized spacial score (nSPS) is 9.42. The fraction of sp³-hybridized carbons (Fsp3) is 0.111. The Morgan fingerprint density at radius 2 is 2.33 bits per heavy atom. The second-order valence-corrected chi connectivity index (χ2v) is 2.65. The molecule has 0 heterocycles. The Kier molecular flexibility index (Phi) is 3.00. The Balaban J connectivity index is 2.78. The molecule has 0 aliphatic carbocycles. The van der Waals surface area contributed by atoms with Crippen LogP contribution in [0.25, 0.3) is 0 Å². The second-order valence-electron chi connectivity index (χ2n) is 2.21. The smallest absolute Gasteiger partial charge is 0.161 e. The molecular formula is C9H9ClO2. The van der Waals surface area contributed by atoms with Crippen molar-refractivity contribution in [1.29, 1.82) is 0 Å². The van der Waals surface area contributed by atoms with Gasteiger partial charge in [0.1, 0.15) is 6.61 Å². The molecular weight excluding hydrogens is 176 g/mol. The van der Waals surface area contributed by atoms with E-state index < -0.39 is 0 Å². The highest BCUT2D eigenvalue weighted by Gasteiger charge is 2.00. The zero-order valence-electron chi connectivity index (χ0n) is 6.46. The number of phenolic OH excluding ortho intramolecular Hbond substituents is 1. The first-order valence-corrected chi connectivity index (χ1v) is 3.84. The van der Waals surface area contributed by atoms with E-state index in [0.717, 1.165) is 0 Å². The van der Waals surface area contributed by atoms with Crippen molar-refractivity contribution in [3.05, 3.63) is 35.9 Å². The van der Waals surface area contributed by atoms with Crippen LogP contribution < -0.4 is 4.74 Å². The minimum atomic E-state index is 0.0457. The number of rotatable bonds is 3. The van der Waals surface area contributed by atoms with Crippen molar-refractivity contribution in [3.63, 3.8) is 0 Å². The van der Waals surface area contributed by atoms with E-state index in [4.69, 9.17) is 16.3 Å². The third-order valence-corrected chi connectivity index (χ3v) is 1.51. The first kappa shape index (κ1) is 8.94. The zero-order valence-corrected chi connectivity index (χ0v) is 7.21. The fourth-order valence-corrected chi connectivity index (χ4v) is 0.928. The SMILES string of the molecule is C=CCOc1ccc(Cl)cc1O. The van der Waals surface area contributed by atoms with E-state index in [1.54, 1.807) is 18.2 Å². The van der Waals surface area contributed by atoms with Gasteiger partial charge in [-0.15, -0.1) is 0 Å². The number of ether oxygens (including phenoxy) is 1. The third kappa shape index (κ3) is 2.17. The highest BCUT2D eigenvalue weighted by Crippen LogP contribution is 2.28. The van der Waals surface area contributed by atoms with Gasteiger partial charge >= 0.3 is 0 Å². The highest BCUT2D eigenvalue weighted by atomic mass is 35.5. The van der Waals surface area contributed by atoms with Crippen LogP contribution >= 0.6 is 11.6 Å². The largest absolute Gasteiger partial charge is 0.504 e. The van der Waals surface area contributed by atoms with Crippen molar-refractivity contribution in [2.45, 2.75) is 0 Å². The summed E-state index contributed by atoms with van der Waals surface area (Å²) in [6, 6.07) is 4.70. The second kappa shape index (κ2) is 4.02. The van der Waals surface area contributed by atoms with E-state index in [1.807, 2.05) is 0 Å². The molecule has 3 heteroatoms. The molecule has 1 aromatic rings. The molecule has 0 radical (unpaired) electrons. The molecule has 0 aliphatic rings. The van der Waals surface area contributed by atoms with E-state index in [0.29, 0.717) is 17.4 Å². The number of aromatic hydroxyl groups is 1. The average molecular weight is 185 g/mol. The van der Waals surface area contributed by atoms with Gasteiger partial charge in [-0.05, 0) is 12.1 Å². The third-order valence-electron chi connectivity index (χ3n) is 1.28. The summed E-state index contributed by atoms with van der Waals surface area (Å²) in [6.07, 6.45) is 1.61. The van der Waals surface area contributed by atoms with Gasteiger partial charge in [-0.2, -0.15) is 0 Å². The summed E-state index contributed by atoms with van der Waals surface area (Å²) in [5.74, 6) is 0.462. The van der Waals surface area contributed by atoms with Crippen LogP contribution in [-0.2, 0) is 0 Å². The molecule has 0 saturated carbocycles. The predicted molar refractivity (Wildman–Crippen MR) is 48.8 cm³/mol. The maximum absolute atomic E-state index is 9.27. The standard InChI is InChI=1S/C9H9ClO2/c1-2-5-12-9-4-3-7(10)6-8(9)11/h2-4,6,11H,1,5H2. The van der Waals surface area contributed by atoms with Crippen molar-refractivity contribution in [2.24, 2.45) is 0 Å². The van der Waals surface area contributed by atoms with Crippen molar-refractivity contribution >= 4 is 11.6 Å². The number of hydrogen-bond acceptors (Lipinski definition) is 2. The molecule has 0 unspecified atom stereocenters. The van der Waals surface area contributed by atoms with Gasteiger partial charge < -0.3 is 9.84 Å². The van der Waals surface area contributed by atoms with Gasteiger partial charge in [0.15, 0.2) is 11.5 Å². The summed E-state index contributed by atoms with van der Waals surface area (Å²) < 4.78 is 5.11. The van der Waals surface area contributed by atoms with Crippen LogP contribution in [0.5, 0.6) is 11.5 Å². The number of hydrogen-bond donors (Lipinski definition) is 1. The molecule has 1 N–H and O–H groups in total. The summed E-state index contributed by atoms with van der Waals surface area (Å²) in [6.45, 7) is 3.86. The molecule has 1 aromatic carbocycles. The van der Waals surface area contributed by atoms with Crippen LogP contribution in [0.15, 0.2) is 30.9 Å². The first-order chi connectivity index (χ1) is 5.74. The van der Waals surface area contributed by atoms with E-state index in [1.165, 1.54) is 6.07 Å². The van der Waals surface area contributed by atoms with Crippen molar-refractivity contribution in [2.75, 3.05) is 6.61 Å². The fourth-order valence-electron chi connectivity index (χ4n) is 0.761. The molecule has 2 nitrogen and oxygen atoms in total. The van der Waals surface area contributed by atoms with Gasteiger partial charge in [0.05, 0.1) is 0 Å². The topological polar surface area (TPSA) is 29.5 Å². The quantitative estimate of drug-likeness (QED) is 0.732. The lowest BCUT2D eigenvalue weighted by atomic mass is 10.3. The summed E-state index contributed by atoms with van der Waals surface area (Å²) in [4.78, 5) is 0. The molecule has 0 aromatic heterocycles. The molecule has 1 rings (SSSR count). The Bertz CT molecular complexity index is 284. The van der Waals surface area contributed by atoms with Gasteiger partial charge in [0.25, 0.3) is 0 Å². The minimum Gasteiger partial charge on any atom is -0.504 e. The summed E-state index contributed by atoms with van der Waals surface area (Å²) in [5.41, 5.74) is 0. The lowest BCUT2D eigenvalue weighted by molar-refractivity contribution is 0.336. The Morgan fingerprint density at radius 1 is 1.58 bits per heavy atom. The van der Waals surface area contributed by atoms with Crippen molar-refractivity contribution in [3.8, 4) is 11.5 Å². The molecule has 0 bridgehead atoms. The first-order valence-electron chi connectivity index (χ1n) is 3.46. The molecule has 0 spiro atoms. The van der Waals surface area contributed by atoms with Crippen molar-refractivity contribution in [1.82, 2.24) is 0 Å². The highest BCUT2D eigenvalue weighted by molar-refractivity contribution is 6.30. The maximum Gasteiger partial charge on any atom is 0.161 e. The van der Waals surface area contributed by atoms with E-state index in [9.17, 15) is 5.11 Å². The minimum absolute atomic E-state index is 0.0457. The Morgan fingerprint density at radius 3 is 2.92 bits per heavy atom. The summed E-state index contributed by atoms with van der Waals surface area (Å²) in [7, 11) is 0. The zero-order chi connectivity index (χ0) is 8.97. The molecule has 0 amide bonds. The number of halogens is 1. The summed E-state index contributed by atoms with van der Waals surface area (Å²) in [5, 5.41) is 9.76. The molecule has 64 valence electrons.